The van der Waals surface area contributed by atoms with Crippen LogP contribution in [-0.4, -0.2) is 57.3 Å². The number of carbonyl (C=O) groups excluding carboxylic acids is 2. The van der Waals surface area contributed by atoms with Gasteiger partial charge in [0.2, 0.25) is 0 Å². The Morgan fingerprint density at radius 2 is 1.90 bits per heavy atom. The highest BCUT2D eigenvalue weighted by molar-refractivity contribution is 7.99. The summed E-state index contributed by atoms with van der Waals surface area (Å²) in [6.07, 6.45) is 0.554. The number of ether oxygens (including phenoxy) is 2. The molecule has 1 aromatic carbocycles. The van der Waals surface area contributed by atoms with Gasteiger partial charge in [-0.2, -0.15) is 5.10 Å². The zero-order chi connectivity index (χ0) is 27.4. The van der Waals surface area contributed by atoms with E-state index >= 15 is 0 Å². The smallest absolute Gasteiger partial charge is 0.261 e. The summed E-state index contributed by atoms with van der Waals surface area (Å²) < 4.78 is 13.0. The number of thiophene rings is 2. The predicted octanol–water partition coefficient (Wildman–Crippen LogP) is 4.36. The van der Waals surface area contributed by atoms with Gasteiger partial charge in [-0.3, -0.25) is 9.59 Å². The van der Waals surface area contributed by atoms with Crippen molar-refractivity contribution in [2.24, 2.45) is 12.1 Å². The Labute approximate surface area is 237 Å². The molecular formula is C26H26N6O4S3. The first-order chi connectivity index (χ1) is 19.0. The lowest BCUT2D eigenvalue weighted by Gasteiger charge is -2.24. The fraction of sp³-hybridized carbons (Fsp3) is 0.269. The summed E-state index contributed by atoms with van der Waals surface area (Å²) in [5, 5.41) is 22.0. The Kier molecular flexibility index (Phi) is 8.29. The molecule has 10 nitrogen and oxygen atoms in total. The number of nitrogens with zero attached hydrogens (tertiary/aromatic N) is 5. The summed E-state index contributed by atoms with van der Waals surface area (Å²) in [6, 6.07) is 12.9. The summed E-state index contributed by atoms with van der Waals surface area (Å²) in [5.74, 6) is 1.55. The van der Waals surface area contributed by atoms with Crippen molar-refractivity contribution in [2.45, 2.75) is 24.2 Å². The van der Waals surface area contributed by atoms with Gasteiger partial charge in [-0.1, -0.05) is 36.0 Å². The highest BCUT2D eigenvalue weighted by Gasteiger charge is 2.36. The first-order valence-electron chi connectivity index (χ1n) is 12.0. The average molecular weight is 583 g/mol. The van der Waals surface area contributed by atoms with Crippen LogP contribution in [0.2, 0.25) is 0 Å². The van der Waals surface area contributed by atoms with Crippen molar-refractivity contribution in [1.82, 2.24) is 25.1 Å². The molecule has 4 aromatic rings. The number of aromatic nitrogens is 3. The van der Waals surface area contributed by atoms with Crippen molar-refractivity contribution in [3.05, 3.63) is 74.4 Å². The number of hydrogen-bond acceptors (Lipinski definition) is 10. The van der Waals surface area contributed by atoms with Gasteiger partial charge in [-0.05, 0) is 29.0 Å². The fourth-order valence-corrected chi connectivity index (χ4v) is 6.36. The molecule has 0 spiro atoms. The number of thioether (sulfide) groups is 1. The van der Waals surface area contributed by atoms with E-state index in [-0.39, 0.29) is 30.2 Å². The van der Waals surface area contributed by atoms with Crippen LogP contribution >= 0.6 is 34.4 Å². The van der Waals surface area contributed by atoms with E-state index < -0.39 is 0 Å². The quantitative estimate of drug-likeness (QED) is 0.277. The molecule has 1 aliphatic heterocycles. The number of para-hydroxylation sites is 1. The minimum atomic E-state index is -0.345. The fourth-order valence-electron chi connectivity index (χ4n) is 4.22. The SMILES string of the molecule is COc1cccc([C@@H]2CC(c3cccs3)=NN2C(=O)CSc2nnc(CNC(=O)c3cccs3)n2C)c1OC. The van der Waals surface area contributed by atoms with Gasteiger partial charge >= 0.3 is 0 Å². The highest BCUT2D eigenvalue weighted by atomic mass is 32.2. The second-order valence-corrected chi connectivity index (χ2v) is 11.3. The number of benzene rings is 1. The predicted molar refractivity (Wildman–Crippen MR) is 152 cm³/mol. The first kappa shape index (κ1) is 26.9. The number of nitrogens with one attached hydrogen (secondary N) is 1. The molecule has 0 unspecified atom stereocenters. The molecule has 0 bridgehead atoms. The second kappa shape index (κ2) is 12.0. The topological polar surface area (TPSA) is 111 Å². The second-order valence-electron chi connectivity index (χ2n) is 8.47. The number of carbonyl (C=O) groups is 2. The maximum Gasteiger partial charge on any atom is 0.261 e. The highest BCUT2D eigenvalue weighted by Crippen LogP contribution is 2.42. The Balaban J connectivity index is 1.31. The Morgan fingerprint density at radius 1 is 1.08 bits per heavy atom. The molecule has 13 heteroatoms. The Morgan fingerprint density at radius 3 is 2.62 bits per heavy atom. The third kappa shape index (κ3) is 5.70. The summed E-state index contributed by atoms with van der Waals surface area (Å²) in [4.78, 5) is 27.5. The lowest BCUT2D eigenvalue weighted by Crippen LogP contribution is -2.29. The summed E-state index contributed by atoms with van der Waals surface area (Å²) in [6.45, 7) is 0.229. The van der Waals surface area contributed by atoms with Crippen LogP contribution in [0.1, 0.15) is 38.4 Å². The largest absolute Gasteiger partial charge is 0.493 e. The molecule has 0 aliphatic carbocycles. The van der Waals surface area contributed by atoms with Crippen molar-refractivity contribution in [2.75, 3.05) is 20.0 Å². The Hall–Kier alpha value is -3.68. The van der Waals surface area contributed by atoms with Crippen LogP contribution < -0.4 is 14.8 Å². The van der Waals surface area contributed by atoms with Crippen LogP contribution in [0.25, 0.3) is 0 Å². The number of rotatable bonds is 10. The van der Waals surface area contributed by atoms with Gasteiger partial charge in [-0.15, -0.1) is 32.9 Å². The summed E-state index contributed by atoms with van der Waals surface area (Å²) >= 11 is 4.24. The van der Waals surface area contributed by atoms with Gasteiger partial charge in [0.25, 0.3) is 11.8 Å². The maximum absolute atomic E-state index is 13.6. The van der Waals surface area contributed by atoms with Gasteiger partial charge in [-0.25, -0.2) is 5.01 Å². The number of hydrazone groups is 1. The summed E-state index contributed by atoms with van der Waals surface area (Å²) in [5.41, 5.74) is 1.67. The molecule has 5 rings (SSSR count). The van der Waals surface area contributed by atoms with E-state index in [1.165, 1.54) is 28.1 Å². The Bertz CT molecular complexity index is 1480. The monoisotopic (exact) mass is 582 g/mol. The molecule has 0 fully saturated rings. The van der Waals surface area contributed by atoms with Crippen molar-refractivity contribution in [3.63, 3.8) is 0 Å². The van der Waals surface area contributed by atoms with E-state index in [9.17, 15) is 9.59 Å². The van der Waals surface area contributed by atoms with Crippen LogP contribution in [0.4, 0.5) is 0 Å². The molecule has 0 saturated heterocycles. The normalized spacial score (nSPS) is 14.8. The third-order valence-corrected chi connectivity index (χ3v) is 8.96. The van der Waals surface area contributed by atoms with E-state index in [1.807, 2.05) is 54.2 Å². The molecule has 0 saturated carbocycles. The molecule has 3 aromatic heterocycles. The molecule has 1 N–H and O–H groups in total. The number of methoxy groups -OCH3 is 2. The van der Waals surface area contributed by atoms with Crippen molar-refractivity contribution < 1.29 is 19.1 Å². The number of amides is 2. The molecule has 1 atom stereocenters. The molecule has 202 valence electrons. The molecule has 1 aliphatic rings. The van der Waals surface area contributed by atoms with Gasteiger partial charge in [0.05, 0.1) is 48.0 Å². The third-order valence-electron chi connectivity index (χ3n) is 6.17. The van der Waals surface area contributed by atoms with Gasteiger partial charge in [0.15, 0.2) is 22.5 Å². The van der Waals surface area contributed by atoms with Crippen LogP contribution in [0.15, 0.2) is 63.5 Å². The molecule has 2 amide bonds. The van der Waals surface area contributed by atoms with Crippen LogP contribution in [-0.2, 0) is 18.4 Å². The zero-order valence-corrected chi connectivity index (χ0v) is 23.9. The van der Waals surface area contributed by atoms with E-state index in [0.717, 1.165) is 16.2 Å². The van der Waals surface area contributed by atoms with Crippen LogP contribution in [0, 0.1) is 0 Å². The minimum Gasteiger partial charge on any atom is -0.493 e. The van der Waals surface area contributed by atoms with E-state index in [4.69, 9.17) is 14.6 Å². The van der Waals surface area contributed by atoms with Crippen molar-refractivity contribution in [3.8, 4) is 11.5 Å². The minimum absolute atomic E-state index is 0.109. The standard InChI is InChI=1S/C26H26N6O4S3/c1-31-22(14-27-25(34)21-10-6-12-38-21)28-29-26(31)39-15-23(33)32-18(13-17(30-32)20-9-5-11-37-20)16-7-4-8-19(35-2)24(16)36-3/h4-12,18H,13-15H2,1-3H3,(H,27,34)/t18-/m0/s1. The maximum atomic E-state index is 13.6. The first-order valence-corrected chi connectivity index (χ1v) is 14.7. The van der Waals surface area contributed by atoms with Crippen LogP contribution in [0.3, 0.4) is 0 Å². The van der Waals surface area contributed by atoms with Gasteiger partial charge in [0.1, 0.15) is 0 Å². The van der Waals surface area contributed by atoms with Crippen LogP contribution in [0.5, 0.6) is 11.5 Å². The molecule has 4 heterocycles. The van der Waals surface area contributed by atoms with Gasteiger partial charge < -0.3 is 19.4 Å². The number of hydrogen-bond donors (Lipinski definition) is 1. The average Bonchev–Trinajstić information content (AvgIpc) is 3.77. The lowest BCUT2D eigenvalue weighted by molar-refractivity contribution is -0.130. The lowest BCUT2D eigenvalue weighted by atomic mass is 9.99. The van der Waals surface area contributed by atoms with E-state index in [0.29, 0.717) is 33.8 Å². The zero-order valence-electron chi connectivity index (χ0n) is 21.5. The molecule has 0 radical (unpaired) electrons. The summed E-state index contributed by atoms with van der Waals surface area (Å²) in [7, 11) is 4.99. The van der Waals surface area contributed by atoms with E-state index in [1.54, 1.807) is 36.2 Å². The van der Waals surface area contributed by atoms with Gasteiger partial charge in [0, 0.05) is 19.0 Å². The van der Waals surface area contributed by atoms with Crippen molar-refractivity contribution in [1.29, 1.82) is 0 Å². The molecular weight excluding hydrogens is 557 g/mol. The van der Waals surface area contributed by atoms with E-state index in [2.05, 4.69) is 15.5 Å². The van der Waals surface area contributed by atoms with Crippen molar-refractivity contribution >= 4 is 52.0 Å². The molecule has 39 heavy (non-hydrogen) atoms.